The van der Waals surface area contributed by atoms with Gasteiger partial charge >= 0.3 is 5.97 Å². The number of hydrogen-bond donors (Lipinski definition) is 1. The average Bonchev–Trinajstić information content (AvgIpc) is 2.91. The average molecular weight is 274 g/mol. The monoisotopic (exact) mass is 274 g/mol. The van der Waals surface area contributed by atoms with E-state index in [0.717, 1.165) is 18.6 Å². The lowest BCUT2D eigenvalue weighted by molar-refractivity contribution is 0.0655. The van der Waals surface area contributed by atoms with Crippen LogP contribution in [-0.2, 0) is 6.42 Å². The maximum atomic E-state index is 10.8. The summed E-state index contributed by atoms with van der Waals surface area (Å²) in [5.74, 6) is 0.0896. The fourth-order valence-corrected chi connectivity index (χ4v) is 1.97. The van der Waals surface area contributed by atoms with Gasteiger partial charge < -0.3 is 14.3 Å². The normalized spacial score (nSPS) is 12.1. The minimum absolute atomic E-state index is 0.0752. The topological polar surface area (TPSA) is 59.7 Å². The molecule has 20 heavy (non-hydrogen) atoms. The number of hydrogen-bond acceptors (Lipinski definition) is 3. The van der Waals surface area contributed by atoms with Crippen LogP contribution in [0.25, 0.3) is 0 Å². The quantitative estimate of drug-likeness (QED) is 0.862. The zero-order chi connectivity index (χ0) is 14.5. The number of aryl methyl sites for hydroxylation is 1. The summed E-state index contributed by atoms with van der Waals surface area (Å²) in [6.45, 7) is 3.97. The van der Waals surface area contributed by atoms with Crippen molar-refractivity contribution in [2.45, 2.75) is 32.8 Å². The van der Waals surface area contributed by atoms with E-state index in [-0.39, 0.29) is 11.9 Å². The Morgan fingerprint density at radius 3 is 2.50 bits per heavy atom. The molecule has 0 aliphatic rings. The standard InChI is InChI=1S/C16H18O4/c1-3-4-12-5-7-13(8-6-12)19-11(2)14-9-10-15(20-14)16(17)18/h5-11H,3-4H2,1-2H3,(H,17,18). The van der Waals surface area contributed by atoms with Gasteiger partial charge in [-0.05, 0) is 43.2 Å². The fraction of sp³-hybridized carbons (Fsp3) is 0.312. The Kier molecular flexibility index (Phi) is 4.45. The molecule has 4 nitrogen and oxygen atoms in total. The highest BCUT2D eigenvalue weighted by Crippen LogP contribution is 2.24. The van der Waals surface area contributed by atoms with Gasteiger partial charge in [0.25, 0.3) is 0 Å². The minimum Gasteiger partial charge on any atom is -0.483 e. The Morgan fingerprint density at radius 2 is 1.95 bits per heavy atom. The first-order chi connectivity index (χ1) is 9.60. The molecule has 4 heteroatoms. The molecule has 0 amide bonds. The van der Waals surface area contributed by atoms with E-state index in [2.05, 4.69) is 6.92 Å². The predicted octanol–water partition coefficient (Wildman–Crippen LogP) is 4.07. The fourth-order valence-electron chi connectivity index (χ4n) is 1.97. The smallest absolute Gasteiger partial charge is 0.371 e. The second kappa shape index (κ2) is 6.28. The van der Waals surface area contributed by atoms with Crippen molar-refractivity contribution in [1.82, 2.24) is 0 Å². The molecule has 2 aromatic rings. The highest BCUT2D eigenvalue weighted by Gasteiger charge is 2.15. The van der Waals surface area contributed by atoms with Crippen LogP contribution >= 0.6 is 0 Å². The van der Waals surface area contributed by atoms with Crippen molar-refractivity contribution in [1.29, 1.82) is 0 Å². The summed E-state index contributed by atoms with van der Waals surface area (Å²) < 4.78 is 11.0. The highest BCUT2D eigenvalue weighted by atomic mass is 16.5. The Hall–Kier alpha value is -2.23. The molecule has 106 valence electrons. The summed E-state index contributed by atoms with van der Waals surface area (Å²) in [5.41, 5.74) is 1.28. The van der Waals surface area contributed by atoms with Gasteiger partial charge in [0.15, 0.2) is 6.10 Å². The van der Waals surface area contributed by atoms with Crippen LogP contribution in [0.2, 0.25) is 0 Å². The molecule has 0 radical (unpaired) electrons. The van der Waals surface area contributed by atoms with Crippen molar-refractivity contribution in [3.8, 4) is 5.75 Å². The van der Waals surface area contributed by atoms with Crippen molar-refractivity contribution >= 4 is 5.97 Å². The lowest BCUT2D eigenvalue weighted by Gasteiger charge is -2.12. The van der Waals surface area contributed by atoms with Gasteiger partial charge in [0.2, 0.25) is 5.76 Å². The van der Waals surface area contributed by atoms with Crippen LogP contribution in [-0.4, -0.2) is 11.1 Å². The van der Waals surface area contributed by atoms with Gasteiger partial charge in [-0.3, -0.25) is 0 Å². The molecule has 0 spiro atoms. The molecular formula is C16H18O4. The van der Waals surface area contributed by atoms with Crippen LogP contribution in [0, 0.1) is 0 Å². The van der Waals surface area contributed by atoms with Crippen LogP contribution in [0.1, 0.15) is 48.3 Å². The van der Waals surface area contributed by atoms with E-state index in [1.54, 1.807) is 6.07 Å². The molecule has 0 bridgehead atoms. The SMILES string of the molecule is CCCc1ccc(OC(C)c2ccc(C(=O)O)o2)cc1. The van der Waals surface area contributed by atoms with Gasteiger partial charge in [-0.2, -0.15) is 0 Å². The number of aromatic carboxylic acids is 1. The zero-order valence-electron chi connectivity index (χ0n) is 11.6. The van der Waals surface area contributed by atoms with Crippen LogP contribution in [0.3, 0.4) is 0 Å². The third-order valence-corrected chi connectivity index (χ3v) is 3.01. The summed E-state index contributed by atoms with van der Waals surface area (Å²) in [6, 6.07) is 11.0. The van der Waals surface area contributed by atoms with Crippen LogP contribution < -0.4 is 4.74 Å². The summed E-state index contributed by atoms with van der Waals surface area (Å²) >= 11 is 0. The molecule has 1 unspecified atom stereocenters. The van der Waals surface area contributed by atoms with Gasteiger partial charge in [0, 0.05) is 0 Å². The summed E-state index contributed by atoms with van der Waals surface area (Å²) in [5, 5.41) is 8.82. The van der Waals surface area contributed by atoms with E-state index in [4.69, 9.17) is 14.3 Å². The first-order valence-corrected chi connectivity index (χ1v) is 6.68. The first-order valence-electron chi connectivity index (χ1n) is 6.68. The third-order valence-electron chi connectivity index (χ3n) is 3.01. The number of benzene rings is 1. The van der Waals surface area contributed by atoms with E-state index in [1.807, 2.05) is 31.2 Å². The maximum absolute atomic E-state index is 10.8. The van der Waals surface area contributed by atoms with Crippen LogP contribution in [0.15, 0.2) is 40.8 Å². The first kappa shape index (κ1) is 14.2. The molecule has 1 atom stereocenters. The van der Waals surface area contributed by atoms with Gasteiger partial charge in [-0.25, -0.2) is 4.79 Å². The largest absolute Gasteiger partial charge is 0.483 e. The molecule has 0 aliphatic heterocycles. The Bertz CT molecular complexity index is 568. The highest BCUT2D eigenvalue weighted by molar-refractivity contribution is 5.84. The van der Waals surface area contributed by atoms with E-state index in [9.17, 15) is 4.79 Å². The minimum atomic E-state index is -1.08. The van der Waals surface area contributed by atoms with E-state index in [0.29, 0.717) is 5.76 Å². The third kappa shape index (κ3) is 3.41. The summed E-state index contributed by atoms with van der Waals surface area (Å²) in [7, 11) is 0. The van der Waals surface area contributed by atoms with Gasteiger partial charge in [-0.1, -0.05) is 25.5 Å². The molecule has 0 saturated carbocycles. The number of carboxylic acids is 1. The molecule has 1 heterocycles. The molecule has 1 aromatic heterocycles. The molecule has 0 saturated heterocycles. The lowest BCUT2D eigenvalue weighted by Crippen LogP contribution is -2.02. The maximum Gasteiger partial charge on any atom is 0.371 e. The summed E-state index contributed by atoms with van der Waals surface area (Å²) in [4.78, 5) is 10.8. The van der Waals surface area contributed by atoms with Crippen molar-refractivity contribution in [2.24, 2.45) is 0 Å². The molecule has 0 aliphatic carbocycles. The van der Waals surface area contributed by atoms with E-state index >= 15 is 0 Å². The molecule has 2 rings (SSSR count). The number of carboxylic acid groups (broad SMARTS) is 1. The lowest BCUT2D eigenvalue weighted by atomic mass is 10.1. The van der Waals surface area contributed by atoms with Crippen molar-refractivity contribution in [3.05, 3.63) is 53.5 Å². The predicted molar refractivity (Wildman–Crippen MR) is 75.1 cm³/mol. The zero-order valence-corrected chi connectivity index (χ0v) is 11.6. The van der Waals surface area contributed by atoms with Gasteiger partial charge in [0.05, 0.1) is 0 Å². The molecular weight excluding hydrogens is 256 g/mol. The van der Waals surface area contributed by atoms with Gasteiger partial charge in [-0.15, -0.1) is 0 Å². The summed E-state index contributed by atoms with van der Waals surface area (Å²) in [6.07, 6.45) is 1.83. The second-order valence-corrected chi connectivity index (χ2v) is 4.66. The van der Waals surface area contributed by atoms with Crippen LogP contribution in [0.5, 0.6) is 5.75 Å². The van der Waals surface area contributed by atoms with Crippen molar-refractivity contribution in [2.75, 3.05) is 0 Å². The van der Waals surface area contributed by atoms with Crippen molar-refractivity contribution in [3.63, 3.8) is 0 Å². The van der Waals surface area contributed by atoms with E-state index in [1.165, 1.54) is 11.6 Å². The molecule has 1 N–H and O–H groups in total. The Labute approximate surface area is 118 Å². The molecule has 1 aromatic carbocycles. The number of carbonyl (C=O) groups is 1. The number of furan rings is 1. The Morgan fingerprint density at radius 1 is 1.25 bits per heavy atom. The van der Waals surface area contributed by atoms with Gasteiger partial charge in [0.1, 0.15) is 11.5 Å². The number of ether oxygens (including phenoxy) is 1. The number of rotatable bonds is 6. The second-order valence-electron chi connectivity index (χ2n) is 4.66. The van der Waals surface area contributed by atoms with Crippen LogP contribution in [0.4, 0.5) is 0 Å². The molecule has 0 fully saturated rings. The van der Waals surface area contributed by atoms with Crippen molar-refractivity contribution < 1.29 is 19.1 Å². The van der Waals surface area contributed by atoms with E-state index < -0.39 is 5.97 Å². The Balaban J connectivity index is 2.02.